The minimum atomic E-state index is 0.183. The van der Waals surface area contributed by atoms with E-state index in [9.17, 15) is 10.1 Å². The highest BCUT2D eigenvalue weighted by Crippen LogP contribution is 2.33. The maximum absolute atomic E-state index is 12.6. The number of ether oxygens (including phenoxy) is 2. The monoisotopic (exact) mass is 500 g/mol. The number of likely N-dealkylation sites (tertiary alicyclic amines) is 1. The second-order valence-electron chi connectivity index (χ2n) is 9.71. The van der Waals surface area contributed by atoms with Gasteiger partial charge in [-0.2, -0.15) is 10.2 Å². The number of nitrogens with zero attached hydrogens (tertiary/aromatic N) is 5. The van der Waals surface area contributed by atoms with E-state index in [2.05, 4.69) is 16.3 Å². The van der Waals surface area contributed by atoms with Crippen molar-refractivity contribution in [1.82, 2.24) is 19.8 Å². The normalized spacial score (nSPS) is 16.9. The minimum absolute atomic E-state index is 0.183. The number of piperidine rings is 1. The summed E-state index contributed by atoms with van der Waals surface area (Å²) in [5.74, 6) is 1.90. The average Bonchev–Trinajstić information content (AvgIpc) is 2.92. The first-order valence-corrected chi connectivity index (χ1v) is 12.8. The van der Waals surface area contributed by atoms with Gasteiger partial charge >= 0.3 is 0 Å². The molecular weight excluding hydrogens is 468 g/mol. The third-order valence-corrected chi connectivity index (χ3v) is 7.00. The Morgan fingerprint density at radius 1 is 1.11 bits per heavy atom. The molecule has 0 radical (unpaired) electrons. The molecule has 37 heavy (non-hydrogen) atoms. The molecule has 192 valence electrons. The van der Waals surface area contributed by atoms with Gasteiger partial charge in [0.1, 0.15) is 5.75 Å². The SMILES string of the molecule is Cc1cc(C#N)cc(C)c1Oc1nc(NC2CCN(CC(=O)N3CCOCC3)CC2)nc2ccccc12. The third kappa shape index (κ3) is 5.82. The lowest BCUT2D eigenvalue weighted by Crippen LogP contribution is -2.48. The molecule has 2 saturated heterocycles. The summed E-state index contributed by atoms with van der Waals surface area (Å²) >= 11 is 0. The molecule has 2 fully saturated rings. The lowest BCUT2D eigenvalue weighted by molar-refractivity contribution is -0.136. The minimum Gasteiger partial charge on any atom is -0.438 e. The van der Waals surface area contributed by atoms with Crippen LogP contribution >= 0.6 is 0 Å². The van der Waals surface area contributed by atoms with Gasteiger partial charge in [-0.3, -0.25) is 9.69 Å². The number of aromatic nitrogens is 2. The standard InChI is InChI=1S/C28H32N6O3/c1-19-15-21(17-29)16-20(2)26(19)37-27-23-5-3-4-6-24(23)31-28(32-27)30-22-7-9-33(10-8-22)18-25(35)34-11-13-36-14-12-34/h3-6,15-16,22H,7-14,18H2,1-2H3,(H,30,31,32). The lowest BCUT2D eigenvalue weighted by Gasteiger charge is -2.34. The molecular formula is C28H32N6O3. The van der Waals surface area contributed by atoms with E-state index in [4.69, 9.17) is 19.4 Å². The number of anilines is 1. The molecule has 0 unspecified atom stereocenters. The molecule has 0 aliphatic carbocycles. The Morgan fingerprint density at radius 2 is 1.81 bits per heavy atom. The van der Waals surface area contributed by atoms with Gasteiger partial charge in [-0.15, -0.1) is 0 Å². The summed E-state index contributed by atoms with van der Waals surface area (Å²) in [6.45, 7) is 8.62. The molecule has 5 rings (SSSR count). The van der Waals surface area contributed by atoms with Crippen molar-refractivity contribution in [2.24, 2.45) is 0 Å². The summed E-state index contributed by atoms with van der Waals surface area (Å²) in [5, 5.41) is 13.6. The maximum Gasteiger partial charge on any atom is 0.236 e. The van der Waals surface area contributed by atoms with Gasteiger partial charge in [0, 0.05) is 32.2 Å². The van der Waals surface area contributed by atoms with Gasteiger partial charge in [0.2, 0.25) is 17.7 Å². The fourth-order valence-corrected chi connectivity index (χ4v) is 4.98. The molecule has 0 atom stereocenters. The molecule has 0 bridgehead atoms. The van der Waals surface area contributed by atoms with E-state index in [0.717, 1.165) is 48.0 Å². The van der Waals surface area contributed by atoms with Crippen molar-refractivity contribution in [2.45, 2.75) is 32.7 Å². The molecule has 1 N–H and O–H groups in total. The molecule has 1 aromatic heterocycles. The fraction of sp³-hybridized carbons (Fsp3) is 0.429. The molecule has 3 heterocycles. The van der Waals surface area contributed by atoms with Crippen LogP contribution in [0.15, 0.2) is 36.4 Å². The van der Waals surface area contributed by atoms with Crippen molar-refractivity contribution in [3.8, 4) is 17.7 Å². The van der Waals surface area contributed by atoms with Crippen molar-refractivity contribution >= 4 is 22.8 Å². The zero-order valence-electron chi connectivity index (χ0n) is 21.4. The molecule has 3 aromatic rings. The summed E-state index contributed by atoms with van der Waals surface area (Å²) in [7, 11) is 0. The van der Waals surface area contributed by atoms with Crippen LogP contribution in [-0.2, 0) is 9.53 Å². The van der Waals surface area contributed by atoms with Crippen LogP contribution < -0.4 is 10.1 Å². The Morgan fingerprint density at radius 3 is 2.51 bits per heavy atom. The van der Waals surface area contributed by atoms with Crippen LogP contribution in [0.1, 0.15) is 29.5 Å². The number of hydrogen-bond donors (Lipinski definition) is 1. The molecule has 9 nitrogen and oxygen atoms in total. The van der Waals surface area contributed by atoms with Crippen LogP contribution in [0.4, 0.5) is 5.95 Å². The van der Waals surface area contributed by atoms with Crippen LogP contribution in [0.3, 0.4) is 0 Å². The van der Waals surface area contributed by atoms with Crippen LogP contribution in [0, 0.1) is 25.2 Å². The van der Waals surface area contributed by atoms with Crippen molar-refractivity contribution in [2.75, 3.05) is 51.3 Å². The molecule has 9 heteroatoms. The molecule has 0 saturated carbocycles. The number of hydrogen-bond acceptors (Lipinski definition) is 8. The van der Waals surface area contributed by atoms with Gasteiger partial charge < -0.3 is 19.7 Å². The first kappa shape index (κ1) is 24.9. The number of aryl methyl sites for hydroxylation is 2. The second-order valence-corrected chi connectivity index (χ2v) is 9.71. The third-order valence-electron chi connectivity index (χ3n) is 7.00. The number of carbonyl (C=O) groups excluding carboxylic acids is 1. The predicted octanol–water partition coefficient (Wildman–Crippen LogP) is 3.65. The average molecular weight is 501 g/mol. The highest BCUT2D eigenvalue weighted by molar-refractivity contribution is 5.85. The zero-order chi connectivity index (χ0) is 25.8. The Labute approximate surface area is 217 Å². The van der Waals surface area contributed by atoms with Crippen LogP contribution in [0.2, 0.25) is 0 Å². The Bertz CT molecular complexity index is 1300. The van der Waals surface area contributed by atoms with Crippen LogP contribution in [0.25, 0.3) is 10.9 Å². The Kier molecular flexibility index (Phi) is 7.49. The number of rotatable bonds is 6. The van der Waals surface area contributed by atoms with Gasteiger partial charge in [0.05, 0.1) is 42.3 Å². The largest absolute Gasteiger partial charge is 0.438 e. The number of carbonyl (C=O) groups is 1. The quantitative estimate of drug-likeness (QED) is 0.547. The molecule has 2 aromatic carbocycles. The topological polar surface area (TPSA) is 104 Å². The highest BCUT2D eigenvalue weighted by Gasteiger charge is 2.25. The first-order valence-electron chi connectivity index (χ1n) is 12.8. The van der Waals surface area contributed by atoms with E-state index < -0.39 is 0 Å². The summed E-state index contributed by atoms with van der Waals surface area (Å²) in [4.78, 5) is 26.2. The zero-order valence-corrected chi connectivity index (χ0v) is 21.4. The van der Waals surface area contributed by atoms with Crippen molar-refractivity contribution in [1.29, 1.82) is 5.26 Å². The second kappa shape index (κ2) is 11.1. The number of amides is 1. The van der Waals surface area contributed by atoms with Crippen molar-refractivity contribution < 1.29 is 14.3 Å². The van der Waals surface area contributed by atoms with E-state index in [1.165, 1.54) is 0 Å². The number of morpholine rings is 1. The van der Waals surface area contributed by atoms with Gasteiger partial charge in [0.25, 0.3) is 0 Å². The summed E-state index contributed by atoms with van der Waals surface area (Å²) in [5.41, 5.74) is 3.17. The molecule has 1 amide bonds. The van der Waals surface area contributed by atoms with Crippen LogP contribution in [-0.4, -0.2) is 77.7 Å². The van der Waals surface area contributed by atoms with E-state index in [0.29, 0.717) is 56.0 Å². The van der Waals surface area contributed by atoms with E-state index in [1.807, 2.05) is 55.1 Å². The van der Waals surface area contributed by atoms with E-state index in [1.54, 1.807) is 0 Å². The smallest absolute Gasteiger partial charge is 0.236 e. The lowest BCUT2D eigenvalue weighted by atomic mass is 10.1. The maximum atomic E-state index is 12.6. The fourth-order valence-electron chi connectivity index (χ4n) is 4.98. The van der Waals surface area contributed by atoms with E-state index >= 15 is 0 Å². The Hall–Kier alpha value is -3.74. The van der Waals surface area contributed by atoms with Crippen molar-refractivity contribution in [3.05, 3.63) is 53.1 Å². The van der Waals surface area contributed by atoms with Gasteiger partial charge in [-0.1, -0.05) is 12.1 Å². The van der Waals surface area contributed by atoms with Gasteiger partial charge in [0.15, 0.2) is 0 Å². The Balaban J connectivity index is 1.27. The number of para-hydroxylation sites is 1. The molecule has 2 aliphatic rings. The summed E-state index contributed by atoms with van der Waals surface area (Å²) < 4.78 is 11.7. The van der Waals surface area contributed by atoms with E-state index in [-0.39, 0.29) is 11.9 Å². The van der Waals surface area contributed by atoms with Gasteiger partial charge in [-0.05, 0) is 62.1 Å². The number of benzene rings is 2. The number of nitriles is 1. The molecule has 0 spiro atoms. The van der Waals surface area contributed by atoms with Gasteiger partial charge in [-0.25, -0.2) is 4.98 Å². The predicted molar refractivity (Wildman–Crippen MR) is 141 cm³/mol. The summed E-state index contributed by atoms with van der Waals surface area (Å²) in [6.07, 6.45) is 1.80. The van der Waals surface area contributed by atoms with Crippen LogP contribution in [0.5, 0.6) is 11.6 Å². The first-order chi connectivity index (χ1) is 18.0. The number of nitrogens with one attached hydrogen (secondary N) is 1. The highest BCUT2D eigenvalue weighted by atomic mass is 16.5. The number of fused-ring (bicyclic) bond motifs is 1. The van der Waals surface area contributed by atoms with Crippen molar-refractivity contribution in [3.63, 3.8) is 0 Å². The molecule has 2 aliphatic heterocycles. The summed E-state index contributed by atoms with van der Waals surface area (Å²) in [6, 6.07) is 13.8.